The summed E-state index contributed by atoms with van der Waals surface area (Å²) in [7, 11) is 1.63. The minimum Gasteiger partial charge on any atom is -0.339 e. The van der Waals surface area contributed by atoms with Crippen molar-refractivity contribution < 1.29 is 4.79 Å². The number of amides is 1. The Balaban J connectivity index is 1.90. The van der Waals surface area contributed by atoms with Crippen molar-refractivity contribution in [1.82, 2.24) is 14.0 Å². The van der Waals surface area contributed by atoms with Gasteiger partial charge in [0.1, 0.15) is 18.2 Å². The zero-order valence-electron chi connectivity index (χ0n) is 13.2. The molecule has 1 amide bonds. The summed E-state index contributed by atoms with van der Waals surface area (Å²) in [6, 6.07) is 5.70. The average molecular weight is 344 g/mol. The molecule has 2 aromatic rings. The third-order valence-electron chi connectivity index (χ3n) is 4.13. The van der Waals surface area contributed by atoms with Crippen LogP contribution in [0.4, 0.5) is 0 Å². The summed E-state index contributed by atoms with van der Waals surface area (Å²) in [5.74, 6) is -0.343. The maximum atomic E-state index is 12.5. The van der Waals surface area contributed by atoms with Crippen molar-refractivity contribution in [2.24, 2.45) is 0 Å². The Morgan fingerprint density at radius 3 is 2.92 bits per heavy atom. The number of aromatic nitrogens is 2. The van der Waals surface area contributed by atoms with Crippen LogP contribution < -0.4 is 11.2 Å². The van der Waals surface area contributed by atoms with E-state index in [1.54, 1.807) is 7.05 Å². The molecular formula is C16H16N4O3S. The van der Waals surface area contributed by atoms with E-state index < -0.39 is 11.2 Å². The van der Waals surface area contributed by atoms with Crippen molar-refractivity contribution in [2.75, 3.05) is 7.05 Å². The molecule has 2 aromatic heterocycles. The van der Waals surface area contributed by atoms with Crippen molar-refractivity contribution in [3.63, 3.8) is 0 Å². The number of rotatable bonds is 4. The second-order valence-electron chi connectivity index (χ2n) is 5.69. The second kappa shape index (κ2) is 6.45. The molecule has 124 valence electrons. The average Bonchev–Trinajstić information content (AvgIpc) is 3.23. The van der Waals surface area contributed by atoms with E-state index in [1.165, 1.54) is 20.8 Å². The summed E-state index contributed by atoms with van der Waals surface area (Å²) in [4.78, 5) is 39.8. The number of hydrogen-bond donors (Lipinski definition) is 0. The smallest absolute Gasteiger partial charge is 0.331 e. The first kappa shape index (κ1) is 16.2. The summed E-state index contributed by atoms with van der Waals surface area (Å²) in [5.41, 5.74) is -0.721. The first-order valence-corrected chi connectivity index (χ1v) is 8.44. The molecule has 0 aromatic carbocycles. The highest BCUT2D eigenvalue weighted by molar-refractivity contribution is 7.09. The molecule has 0 atom stereocenters. The lowest BCUT2D eigenvalue weighted by atomic mass is 10.2. The Bertz CT molecular complexity index is 934. The summed E-state index contributed by atoms with van der Waals surface area (Å²) in [6.45, 7) is 0.541. The standard InChI is InChI=1S/C16H16N4O3S/c1-18(9-11-4-3-7-24-11)14(21)10-20-15(22)12(8-17)13-5-2-6-19(13)16(20)23/h3-4,7H,2,5-6,9-10H2,1H3. The van der Waals surface area contributed by atoms with Gasteiger partial charge < -0.3 is 4.90 Å². The normalized spacial score (nSPS) is 12.7. The van der Waals surface area contributed by atoms with Gasteiger partial charge in [-0.05, 0) is 24.3 Å². The zero-order chi connectivity index (χ0) is 17.3. The Hall–Kier alpha value is -2.66. The van der Waals surface area contributed by atoms with Crippen LogP contribution in [0.25, 0.3) is 0 Å². The fraction of sp³-hybridized carbons (Fsp3) is 0.375. The van der Waals surface area contributed by atoms with Crippen molar-refractivity contribution in [2.45, 2.75) is 32.5 Å². The van der Waals surface area contributed by atoms with Crippen LogP contribution in [-0.4, -0.2) is 27.0 Å². The fourth-order valence-corrected chi connectivity index (χ4v) is 3.63. The molecule has 3 rings (SSSR count). The highest BCUT2D eigenvalue weighted by atomic mass is 32.1. The lowest BCUT2D eigenvalue weighted by molar-refractivity contribution is -0.131. The van der Waals surface area contributed by atoms with E-state index in [-0.39, 0.29) is 18.0 Å². The van der Waals surface area contributed by atoms with Crippen molar-refractivity contribution >= 4 is 17.2 Å². The largest absolute Gasteiger partial charge is 0.339 e. The maximum absolute atomic E-state index is 12.5. The summed E-state index contributed by atoms with van der Waals surface area (Å²) in [5, 5.41) is 11.2. The first-order valence-electron chi connectivity index (χ1n) is 7.56. The van der Waals surface area contributed by atoms with Crippen LogP contribution in [0.3, 0.4) is 0 Å². The van der Waals surface area contributed by atoms with Gasteiger partial charge in [-0.15, -0.1) is 11.3 Å². The van der Waals surface area contributed by atoms with Crippen LogP contribution in [0.1, 0.15) is 22.6 Å². The van der Waals surface area contributed by atoms with Gasteiger partial charge in [0.2, 0.25) is 5.91 Å². The molecule has 0 bridgehead atoms. The minimum absolute atomic E-state index is 0.0270. The van der Waals surface area contributed by atoms with Crippen LogP contribution in [0.2, 0.25) is 0 Å². The fourth-order valence-electron chi connectivity index (χ4n) is 2.87. The summed E-state index contributed by atoms with van der Waals surface area (Å²) < 4.78 is 2.31. The molecule has 0 N–H and O–H groups in total. The molecular weight excluding hydrogens is 328 g/mol. The van der Waals surface area contributed by atoms with Gasteiger partial charge in [0.05, 0.1) is 6.54 Å². The molecule has 0 unspecified atom stereocenters. The monoisotopic (exact) mass is 344 g/mol. The third-order valence-corrected chi connectivity index (χ3v) is 5.00. The molecule has 0 fully saturated rings. The van der Waals surface area contributed by atoms with Crippen LogP contribution in [0.15, 0.2) is 27.1 Å². The Morgan fingerprint density at radius 1 is 1.46 bits per heavy atom. The highest BCUT2D eigenvalue weighted by Gasteiger charge is 2.24. The number of hydrogen-bond acceptors (Lipinski definition) is 5. The van der Waals surface area contributed by atoms with E-state index >= 15 is 0 Å². The Kier molecular flexibility index (Phi) is 4.36. The molecule has 0 saturated carbocycles. The van der Waals surface area contributed by atoms with E-state index in [0.717, 1.165) is 15.9 Å². The van der Waals surface area contributed by atoms with Gasteiger partial charge in [-0.2, -0.15) is 5.26 Å². The first-order chi connectivity index (χ1) is 11.5. The summed E-state index contributed by atoms with van der Waals surface area (Å²) in [6.07, 6.45) is 1.26. The van der Waals surface area contributed by atoms with Gasteiger partial charge in [0.15, 0.2) is 0 Å². The molecule has 0 saturated heterocycles. The molecule has 0 aliphatic carbocycles. The lowest BCUT2D eigenvalue weighted by Gasteiger charge is -2.17. The number of thiophene rings is 1. The van der Waals surface area contributed by atoms with Gasteiger partial charge >= 0.3 is 5.69 Å². The number of nitriles is 1. The van der Waals surface area contributed by atoms with E-state index in [2.05, 4.69) is 0 Å². The van der Waals surface area contributed by atoms with E-state index in [4.69, 9.17) is 0 Å². The SMILES string of the molecule is CN(Cc1cccs1)C(=O)Cn1c(=O)c(C#N)c2n(c1=O)CCC2. The minimum atomic E-state index is -0.673. The predicted octanol–water partition coefficient (Wildman–Crippen LogP) is 0.548. The number of fused-ring (bicyclic) bond motifs is 1. The van der Waals surface area contributed by atoms with Crippen LogP contribution >= 0.6 is 11.3 Å². The molecule has 8 heteroatoms. The van der Waals surface area contributed by atoms with E-state index in [1.807, 2.05) is 23.6 Å². The molecule has 0 radical (unpaired) electrons. The molecule has 1 aliphatic rings. The van der Waals surface area contributed by atoms with Crippen molar-refractivity contribution in [3.8, 4) is 6.07 Å². The van der Waals surface area contributed by atoms with Crippen molar-refractivity contribution in [1.29, 1.82) is 5.26 Å². The van der Waals surface area contributed by atoms with Crippen LogP contribution in [-0.2, 0) is 30.8 Å². The third kappa shape index (κ3) is 2.78. The Labute approximate surface area is 142 Å². The summed E-state index contributed by atoms with van der Waals surface area (Å²) >= 11 is 1.53. The van der Waals surface area contributed by atoms with Crippen molar-refractivity contribution in [3.05, 3.63) is 54.5 Å². The second-order valence-corrected chi connectivity index (χ2v) is 6.72. The number of carbonyl (C=O) groups excluding carboxylic acids is 1. The Morgan fingerprint density at radius 2 is 2.25 bits per heavy atom. The van der Waals surface area contributed by atoms with Gasteiger partial charge in [-0.3, -0.25) is 14.2 Å². The molecule has 7 nitrogen and oxygen atoms in total. The maximum Gasteiger partial charge on any atom is 0.331 e. The number of nitrogens with zero attached hydrogens (tertiary/aromatic N) is 4. The molecule has 3 heterocycles. The highest BCUT2D eigenvalue weighted by Crippen LogP contribution is 2.13. The van der Waals surface area contributed by atoms with E-state index in [0.29, 0.717) is 25.2 Å². The zero-order valence-corrected chi connectivity index (χ0v) is 14.0. The predicted molar refractivity (Wildman–Crippen MR) is 88.8 cm³/mol. The van der Waals surface area contributed by atoms with E-state index in [9.17, 15) is 19.6 Å². The van der Waals surface area contributed by atoms with Gasteiger partial charge in [-0.25, -0.2) is 9.36 Å². The topological polar surface area (TPSA) is 88.1 Å². The molecule has 0 spiro atoms. The quantitative estimate of drug-likeness (QED) is 0.810. The van der Waals surface area contributed by atoms with Gasteiger partial charge in [-0.1, -0.05) is 6.07 Å². The molecule has 1 aliphatic heterocycles. The molecule has 24 heavy (non-hydrogen) atoms. The van der Waals surface area contributed by atoms with Crippen LogP contribution in [0.5, 0.6) is 0 Å². The van der Waals surface area contributed by atoms with Gasteiger partial charge in [0, 0.05) is 24.2 Å². The van der Waals surface area contributed by atoms with Crippen LogP contribution in [0, 0.1) is 11.3 Å². The van der Waals surface area contributed by atoms with Gasteiger partial charge in [0.25, 0.3) is 5.56 Å². The lowest BCUT2D eigenvalue weighted by Crippen LogP contribution is -2.45. The number of carbonyl (C=O) groups is 1. The number of likely N-dealkylation sites (N-methyl/N-ethyl adjacent to an activating group) is 1.